The van der Waals surface area contributed by atoms with Gasteiger partial charge in [-0.3, -0.25) is 4.68 Å². The Morgan fingerprint density at radius 3 is 2.85 bits per heavy atom. The number of hydrogen-bond donors (Lipinski definition) is 2. The van der Waals surface area contributed by atoms with Crippen molar-refractivity contribution in [3.63, 3.8) is 0 Å². The minimum atomic E-state index is -0.226. The lowest BCUT2D eigenvalue weighted by molar-refractivity contribution is 0.136. The number of nitrogens with zero attached hydrogens (tertiary/aromatic N) is 3. The third kappa shape index (κ3) is 3.15. The highest BCUT2D eigenvalue weighted by molar-refractivity contribution is 5.51. The highest BCUT2D eigenvalue weighted by Crippen LogP contribution is 2.29. The SMILES string of the molecule is CCCNCc1c(C)nn(C)c1N1CCC(C(C)O)C1. The molecule has 0 aromatic carbocycles. The number of aromatic nitrogens is 2. The average Bonchev–Trinajstić information content (AvgIpc) is 2.95. The molecule has 1 aromatic heterocycles. The quantitative estimate of drug-likeness (QED) is 0.774. The number of aryl methyl sites for hydroxylation is 2. The first-order valence-corrected chi connectivity index (χ1v) is 7.70. The Hall–Kier alpha value is -1.07. The predicted molar refractivity (Wildman–Crippen MR) is 81.9 cm³/mol. The summed E-state index contributed by atoms with van der Waals surface area (Å²) < 4.78 is 1.99. The molecule has 2 unspecified atom stereocenters. The van der Waals surface area contributed by atoms with Crippen LogP contribution in [0.25, 0.3) is 0 Å². The number of hydrogen-bond acceptors (Lipinski definition) is 4. The number of rotatable bonds is 6. The normalized spacial score (nSPS) is 20.6. The van der Waals surface area contributed by atoms with Gasteiger partial charge in [0.2, 0.25) is 0 Å². The van der Waals surface area contributed by atoms with Crippen LogP contribution in [0.5, 0.6) is 0 Å². The van der Waals surface area contributed by atoms with Crippen molar-refractivity contribution >= 4 is 5.82 Å². The van der Waals surface area contributed by atoms with Crippen molar-refractivity contribution < 1.29 is 5.11 Å². The molecule has 2 heterocycles. The van der Waals surface area contributed by atoms with Gasteiger partial charge in [-0.2, -0.15) is 5.10 Å². The van der Waals surface area contributed by atoms with Crippen LogP contribution >= 0.6 is 0 Å². The Morgan fingerprint density at radius 2 is 2.25 bits per heavy atom. The molecular formula is C15H28N4O. The fraction of sp³-hybridized carbons (Fsp3) is 0.800. The highest BCUT2D eigenvalue weighted by atomic mass is 16.3. The van der Waals surface area contributed by atoms with Crippen LogP contribution in [0.15, 0.2) is 0 Å². The maximum atomic E-state index is 9.77. The van der Waals surface area contributed by atoms with Gasteiger partial charge < -0.3 is 15.3 Å². The lowest BCUT2D eigenvalue weighted by Crippen LogP contribution is -2.27. The van der Waals surface area contributed by atoms with E-state index in [9.17, 15) is 5.11 Å². The number of aliphatic hydroxyl groups is 1. The second-order valence-corrected chi connectivity index (χ2v) is 5.92. The van der Waals surface area contributed by atoms with E-state index >= 15 is 0 Å². The molecule has 0 aliphatic carbocycles. The van der Waals surface area contributed by atoms with Crippen molar-refractivity contribution in [2.45, 2.75) is 46.3 Å². The van der Waals surface area contributed by atoms with Gasteiger partial charge in [0.05, 0.1) is 11.8 Å². The lowest BCUT2D eigenvalue weighted by Gasteiger charge is -2.21. The van der Waals surface area contributed by atoms with E-state index in [4.69, 9.17) is 0 Å². The van der Waals surface area contributed by atoms with Gasteiger partial charge in [0.1, 0.15) is 5.82 Å². The van der Waals surface area contributed by atoms with Gasteiger partial charge in [-0.25, -0.2) is 0 Å². The smallest absolute Gasteiger partial charge is 0.131 e. The molecule has 1 saturated heterocycles. The van der Waals surface area contributed by atoms with E-state index in [1.807, 2.05) is 18.7 Å². The van der Waals surface area contributed by atoms with E-state index in [-0.39, 0.29) is 6.10 Å². The van der Waals surface area contributed by atoms with Crippen molar-refractivity contribution in [3.8, 4) is 0 Å². The average molecular weight is 280 g/mol. The van der Waals surface area contributed by atoms with Gasteiger partial charge in [0, 0.05) is 38.2 Å². The Labute approximate surface area is 122 Å². The van der Waals surface area contributed by atoms with E-state index in [2.05, 4.69) is 29.2 Å². The van der Waals surface area contributed by atoms with Crippen LogP contribution in [0.4, 0.5) is 5.82 Å². The van der Waals surface area contributed by atoms with Crippen LogP contribution in [-0.2, 0) is 13.6 Å². The molecule has 114 valence electrons. The first-order chi connectivity index (χ1) is 9.54. The van der Waals surface area contributed by atoms with E-state index in [1.165, 1.54) is 11.4 Å². The Bertz CT molecular complexity index is 441. The molecule has 2 N–H and O–H groups in total. The summed E-state index contributed by atoms with van der Waals surface area (Å²) in [7, 11) is 2.02. The summed E-state index contributed by atoms with van der Waals surface area (Å²) in [4.78, 5) is 2.38. The van der Waals surface area contributed by atoms with Crippen LogP contribution in [0.2, 0.25) is 0 Å². The molecular weight excluding hydrogens is 252 g/mol. The molecule has 0 spiro atoms. The largest absolute Gasteiger partial charge is 0.393 e. The zero-order valence-corrected chi connectivity index (χ0v) is 13.2. The molecule has 2 rings (SSSR count). The number of nitrogens with one attached hydrogen (secondary N) is 1. The van der Waals surface area contributed by atoms with Crippen molar-refractivity contribution in [2.75, 3.05) is 24.5 Å². The molecule has 5 nitrogen and oxygen atoms in total. The predicted octanol–water partition coefficient (Wildman–Crippen LogP) is 1.44. The molecule has 5 heteroatoms. The van der Waals surface area contributed by atoms with Crippen molar-refractivity contribution in [1.82, 2.24) is 15.1 Å². The zero-order valence-electron chi connectivity index (χ0n) is 13.2. The highest BCUT2D eigenvalue weighted by Gasteiger charge is 2.29. The zero-order chi connectivity index (χ0) is 14.7. The molecule has 0 bridgehead atoms. The number of anilines is 1. The minimum absolute atomic E-state index is 0.226. The van der Waals surface area contributed by atoms with E-state index in [0.717, 1.165) is 44.7 Å². The van der Waals surface area contributed by atoms with Gasteiger partial charge >= 0.3 is 0 Å². The fourth-order valence-corrected chi connectivity index (χ4v) is 3.06. The molecule has 1 aromatic rings. The summed E-state index contributed by atoms with van der Waals surface area (Å²) in [5, 5.41) is 17.8. The molecule has 0 radical (unpaired) electrons. The van der Waals surface area contributed by atoms with Gasteiger partial charge in [-0.05, 0) is 33.2 Å². The second-order valence-electron chi connectivity index (χ2n) is 5.92. The summed E-state index contributed by atoms with van der Waals surface area (Å²) in [6, 6.07) is 0. The minimum Gasteiger partial charge on any atom is -0.393 e. The lowest BCUT2D eigenvalue weighted by atomic mass is 10.0. The van der Waals surface area contributed by atoms with Crippen molar-refractivity contribution in [3.05, 3.63) is 11.3 Å². The Kier molecular flexibility index (Phi) is 5.05. The molecule has 1 aliphatic heterocycles. The summed E-state index contributed by atoms with van der Waals surface area (Å²) in [6.45, 7) is 9.99. The van der Waals surface area contributed by atoms with Crippen LogP contribution in [0.1, 0.15) is 37.9 Å². The fourth-order valence-electron chi connectivity index (χ4n) is 3.06. The summed E-state index contributed by atoms with van der Waals surface area (Å²) >= 11 is 0. The standard InChI is InChI=1S/C15H28N4O/c1-5-7-16-9-14-11(2)17-18(4)15(14)19-8-6-13(10-19)12(3)20/h12-13,16,20H,5-10H2,1-4H3. The number of aliphatic hydroxyl groups excluding tert-OH is 1. The summed E-state index contributed by atoms with van der Waals surface area (Å²) in [5.41, 5.74) is 2.40. The molecule has 20 heavy (non-hydrogen) atoms. The van der Waals surface area contributed by atoms with Gasteiger partial charge in [-0.1, -0.05) is 6.92 Å². The Balaban J connectivity index is 2.14. The van der Waals surface area contributed by atoms with E-state index in [1.54, 1.807) is 0 Å². The maximum Gasteiger partial charge on any atom is 0.131 e. The topological polar surface area (TPSA) is 53.3 Å². The summed E-state index contributed by atoms with van der Waals surface area (Å²) in [5.74, 6) is 1.59. The first-order valence-electron chi connectivity index (χ1n) is 7.70. The molecule has 0 amide bonds. The molecule has 2 atom stereocenters. The van der Waals surface area contributed by atoms with Crippen LogP contribution in [-0.4, -0.2) is 40.6 Å². The molecule has 1 aliphatic rings. The Morgan fingerprint density at radius 1 is 1.50 bits per heavy atom. The van der Waals surface area contributed by atoms with E-state index < -0.39 is 0 Å². The maximum absolute atomic E-state index is 9.77. The van der Waals surface area contributed by atoms with Crippen LogP contribution < -0.4 is 10.2 Å². The van der Waals surface area contributed by atoms with Crippen LogP contribution in [0, 0.1) is 12.8 Å². The molecule has 0 saturated carbocycles. The first kappa shape index (κ1) is 15.3. The third-order valence-electron chi connectivity index (χ3n) is 4.25. The van der Waals surface area contributed by atoms with Crippen molar-refractivity contribution in [1.29, 1.82) is 0 Å². The van der Waals surface area contributed by atoms with E-state index in [0.29, 0.717) is 5.92 Å². The van der Waals surface area contributed by atoms with Crippen molar-refractivity contribution in [2.24, 2.45) is 13.0 Å². The summed E-state index contributed by atoms with van der Waals surface area (Å²) in [6.07, 6.45) is 1.97. The van der Waals surface area contributed by atoms with Gasteiger partial charge in [0.25, 0.3) is 0 Å². The second kappa shape index (κ2) is 6.59. The van der Waals surface area contributed by atoms with Gasteiger partial charge in [-0.15, -0.1) is 0 Å². The third-order valence-corrected chi connectivity index (χ3v) is 4.25. The van der Waals surface area contributed by atoms with Crippen LogP contribution in [0.3, 0.4) is 0 Å². The molecule has 1 fully saturated rings. The monoisotopic (exact) mass is 280 g/mol. The van der Waals surface area contributed by atoms with Gasteiger partial charge in [0.15, 0.2) is 0 Å².